The van der Waals surface area contributed by atoms with Crippen LogP contribution in [-0.4, -0.2) is 17.6 Å². The molecule has 0 radical (unpaired) electrons. The Morgan fingerprint density at radius 2 is 2.28 bits per heavy atom. The molecule has 1 aliphatic carbocycles. The average molecular weight is 267 g/mol. The zero-order valence-electron chi connectivity index (χ0n) is 11.5. The molecule has 4 heteroatoms. The van der Waals surface area contributed by atoms with E-state index < -0.39 is 0 Å². The number of nitrogens with one attached hydrogen (secondary N) is 1. The third kappa shape index (κ3) is 3.53. The van der Waals surface area contributed by atoms with Crippen LogP contribution >= 0.6 is 11.3 Å². The number of hydrogen-bond donors (Lipinski definition) is 2. The number of aryl methyl sites for hydroxylation is 1. The molecule has 0 aromatic carbocycles. The molecule has 1 heterocycles. The lowest BCUT2D eigenvalue weighted by molar-refractivity contribution is 0.289. The molecule has 1 saturated carbocycles. The second-order valence-electron chi connectivity index (χ2n) is 5.36. The van der Waals surface area contributed by atoms with E-state index in [9.17, 15) is 0 Å². The van der Waals surface area contributed by atoms with Crippen LogP contribution in [0.3, 0.4) is 0 Å². The number of thiazole rings is 1. The quantitative estimate of drug-likeness (QED) is 0.862. The van der Waals surface area contributed by atoms with Gasteiger partial charge in [-0.2, -0.15) is 0 Å². The fourth-order valence-electron chi connectivity index (χ4n) is 2.59. The maximum absolute atomic E-state index is 6.18. The molecule has 2 rings (SSSR count). The number of nitrogens with two attached hydrogens (primary N) is 1. The summed E-state index contributed by atoms with van der Waals surface area (Å²) >= 11 is 1.82. The summed E-state index contributed by atoms with van der Waals surface area (Å²) in [6.45, 7) is 5.41. The van der Waals surface area contributed by atoms with Crippen LogP contribution in [0.15, 0.2) is 6.20 Å². The Bertz CT molecular complexity index is 364. The van der Waals surface area contributed by atoms with Gasteiger partial charge in [0.25, 0.3) is 0 Å². The van der Waals surface area contributed by atoms with Gasteiger partial charge in [-0.3, -0.25) is 0 Å². The zero-order valence-corrected chi connectivity index (χ0v) is 12.3. The van der Waals surface area contributed by atoms with Gasteiger partial charge in [-0.25, -0.2) is 4.98 Å². The lowest BCUT2D eigenvalue weighted by Gasteiger charge is -2.29. The first-order chi connectivity index (χ1) is 8.70. The first kappa shape index (κ1) is 14.0. The highest BCUT2D eigenvalue weighted by Gasteiger charge is 2.22. The first-order valence-corrected chi connectivity index (χ1v) is 7.96. The Balaban J connectivity index is 1.81. The van der Waals surface area contributed by atoms with Crippen LogP contribution in [0.25, 0.3) is 0 Å². The first-order valence-electron chi connectivity index (χ1n) is 7.14. The molecule has 1 aliphatic rings. The van der Waals surface area contributed by atoms with Gasteiger partial charge in [0.2, 0.25) is 0 Å². The molecule has 0 amide bonds. The van der Waals surface area contributed by atoms with E-state index in [0.717, 1.165) is 13.0 Å². The van der Waals surface area contributed by atoms with Crippen molar-refractivity contribution < 1.29 is 0 Å². The number of hydrogen-bond acceptors (Lipinski definition) is 4. The zero-order chi connectivity index (χ0) is 13.0. The summed E-state index contributed by atoms with van der Waals surface area (Å²) in [5.41, 5.74) is 6.18. The number of nitrogens with zero attached hydrogens (tertiary/aromatic N) is 1. The minimum atomic E-state index is 0.351. The van der Waals surface area contributed by atoms with Gasteiger partial charge in [0.1, 0.15) is 5.01 Å². The van der Waals surface area contributed by atoms with Crippen molar-refractivity contribution in [1.29, 1.82) is 0 Å². The second-order valence-corrected chi connectivity index (χ2v) is 6.50. The van der Waals surface area contributed by atoms with E-state index in [1.54, 1.807) is 0 Å². The van der Waals surface area contributed by atoms with Crippen LogP contribution in [0.2, 0.25) is 0 Å². The standard InChI is InChI=1S/C14H25N3S/c1-3-12-9-17-14(18-12)10(2)16-8-11-6-4-5-7-13(11)15/h9-11,13,16H,3-8,15H2,1-2H3. The van der Waals surface area contributed by atoms with Crippen molar-refractivity contribution in [3.63, 3.8) is 0 Å². The van der Waals surface area contributed by atoms with Gasteiger partial charge in [0.15, 0.2) is 0 Å². The van der Waals surface area contributed by atoms with Gasteiger partial charge in [-0.15, -0.1) is 11.3 Å². The Hall–Kier alpha value is -0.450. The van der Waals surface area contributed by atoms with E-state index in [4.69, 9.17) is 5.73 Å². The summed E-state index contributed by atoms with van der Waals surface area (Å²) in [4.78, 5) is 5.86. The summed E-state index contributed by atoms with van der Waals surface area (Å²) in [6.07, 6.45) is 8.20. The SMILES string of the molecule is CCc1cnc(C(C)NCC2CCCCC2N)s1. The number of aromatic nitrogens is 1. The topological polar surface area (TPSA) is 50.9 Å². The van der Waals surface area contributed by atoms with Crippen LogP contribution in [0.4, 0.5) is 0 Å². The largest absolute Gasteiger partial charge is 0.327 e. The summed E-state index contributed by atoms with van der Waals surface area (Å²) in [6, 6.07) is 0.741. The Morgan fingerprint density at radius 3 is 2.94 bits per heavy atom. The molecular formula is C14H25N3S. The van der Waals surface area contributed by atoms with Crippen LogP contribution in [0.1, 0.15) is 55.5 Å². The van der Waals surface area contributed by atoms with Crippen LogP contribution in [0, 0.1) is 5.92 Å². The molecule has 102 valence electrons. The molecule has 0 aliphatic heterocycles. The lowest BCUT2D eigenvalue weighted by Crippen LogP contribution is -2.39. The second kappa shape index (κ2) is 6.64. The minimum absolute atomic E-state index is 0.351. The van der Waals surface area contributed by atoms with E-state index >= 15 is 0 Å². The molecule has 3 N–H and O–H groups in total. The summed E-state index contributed by atoms with van der Waals surface area (Å²) in [5, 5.41) is 4.81. The third-order valence-electron chi connectivity index (χ3n) is 3.94. The van der Waals surface area contributed by atoms with Gasteiger partial charge in [-0.05, 0) is 32.1 Å². The maximum Gasteiger partial charge on any atom is 0.109 e. The highest BCUT2D eigenvalue weighted by atomic mass is 32.1. The van der Waals surface area contributed by atoms with Crippen molar-refractivity contribution in [3.8, 4) is 0 Å². The molecule has 3 atom stereocenters. The van der Waals surface area contributed by atoms with Crippen molar-refractivity contribution in [1.82, 2.24) is 10.3 Å². The van der Waals surface area contributed by atoms with Crippen molar-refractivity contribution in [2.45, 2.75) is 58.0 Å². The Morgan fingerprint density at radius 1 is 1.50 bits per heavy atom. The van der Waals surface area contributed by atoms with Crippen molar-refractivity contribution in [2.24, 2.45) is 11.7 Å². The molecule has 1 aromatic heterocycles. The summed E-state index contributed by atoms with van der Waals surface area (Å²) in [5.74, 6) is 0.645. The molecule has 3 nitrogen and oxygen atoms in total. The predicted molar refractivity (Wildman–Crippen MR) is 77.8 cm³/mol. The van der Waals surface area contributed by atoms with Crippen molar-refractivity contribution in [3.05, 3.63) is 16.1 Å². The lowest BCUT2D eigenvalue weighted by atomic mass is 9.85. The van der Waals surface area contributed by atoms with Gasteiger partial charge >= 0.3 is 0 Å². The average Bonchev–Trinajstić information content (AvgIpc) is 2.86. The van der Waals surface area contributed by atoms with E-state index in [-0.39, 0.29) is 0 Å². The van der Waals surface area contributed by atoms with Crippen molar-refractivity contribution in [2.75, 3.05) is 6.54 Å². The monoisotopic (exact) mass is 267 g/mol. The van der Waals surface area contributed by atoms with E-state index in [1.807, 2.05) is 17.5 Å². The van der Waals surface area contributed by atoms with Crippen molar-refractivity contribution >= 4 is 11.3 Å². The molecule has 18 heavy (non-hydrogen) atoms. The molecule has 1 aromatic rings. The van der Waals surface area contributed by atoms with Gasteiger partial charge in [-0.1, -0.05) is 19.8 Å². The molecule has 1 fully saturated rings. The molecule has 0 spiro atoms. The normalized spacial score (nSPS) is 26.2. The predicted octanol–water partition coefficient (Wildman–Crippen LogP) is 2.87. The van der Waals surface area contributed by atoms with Crippen LogP contribution < -0.4 is 11.1 Å². The van der Waals surface area contributed by atoms with E-state index in [0.29, 0.717) is 18.0 Å². The van der Waals surface area contributed by atoms with E-state index in [1.165, 1.54) is 35.6 Å². The smallest absolute Gasteiger partial charge is 0.109 e. The Labute approximate surface area is 114 Å². The summed E-state index contributed by atoms with van der Waals surface area (Å²) < 4.78 is 0. The number of rotatable bonds is 5. The fourth-order valence-corrected chi connectivity index (χ4v) is 3.48. The minimum Gasteiger partial charge on any atom is -0.327 e. The van der Waals surface area contributed by atoms with Crippen LogP contribution in [-0.2, 0) is 6.42 Å². The maximum atomic E-state index is 6.18. The molecule has 3 unspecified atom stereocenters. The highest BCUT2D eigenvalue weighted by Crippen LogP contribution is 2.24. The molecular weight excluding hydrogens is 242 g/mol. The molecule has 0 bridgehead atoms. The summed E-state index contributed by atoms with van der Waals surface area (Å²) in [7, 11) is 0. The molecule has 0 saturated heterocycles. The Kier molecular flexibility index (Phi) is 5.15. The van der Waals surface area contributed by atoms with Gasteiger partial charge in [0, 0.05) is 23.7 Å². The van der Waals surface area contributed by atoms with Gasteiger partial charge < -0.3 is 11.1 Å². The van der Waals surface area contributed by atoms with E-state index in [2.05, 4.69) is 24.1 Å². The fraction of sp³-hybridized carbons (Fsp3) is 0.786. The van der Waals surface area contributed by atoms with Crippen LogP contribution in [0.5, 0.6) is 0 Å². The third-order valence-corrected chi connectivity index (χ3v) is 5.27. The highest BCUT2D eigenvalue weighted by molar-refractivity contribution is 7.11. The van der Waals surface area contributed by atoms with Gasteiger partial charge in [0.05, 0.1) is 6.04 Å².